The van der Waals surface area contributed by atoms with E-state index in [1.165, 1.54) is 25.8 Å². The van der Waals surface area contributed by atoms with Gasteiger partial charge in [0.25, 0.3) is 0 Å². The number of rotatable bonds is 6. The zero-order valence-electron chi connectivity index (χ0n) is 10.2. The summed E-state index contributed by atoms with van der Waals surface area (Å²) >= 11 is 0. The smallest absolute Gasteiger partial charge is 0.0226 e. The molecule has 2 N–H and O–H groups in total. The zero-order chi connectivity index (χ0) is 10.8. The Labute approximate surface area is 88.8 Å². The summed E-state index contributed by atoms with van der Waals surface area (Å²) in [6.07, 6.45) is 4.06. The summed E-state index contributed by atoms with van der Waals surface area (Å²) in [4.78, 5) is 2.58. The molecule has 84 valence electrons. The molecule has 0 heterocycles. The first-order valence-electron chi connectivity index (χ1n) is 5.91. The lowest BCUT2D eigenvalue weighted by atomic mass is 10.1. The number of nitrogens with two attached hydrogens (primary N) is 1. The minimum absolute atomic E-state index is 0.0421. The average molecular weight is 198 g/mol. The van der Waals surface area contributed by atoms with Crippen LogP contribution < -0.4 is 5.73 Å². The van der Waals surface area contributed by atoms with Crippen molar-refractivity contribution in [3.63, 3.8) is 0 Å². The highest BCUT2D eigenvalue weighted by Gasteiger charge is 2.31. The Balaban J connectivity index is 2.32. The molecule has 0 aromatic heterocycles. The van der Waals surface area contributed by atoms with Gasteiger partial charge >= 0.3 is 0 Å². The van der Waals surface area contributed by atoms with Crippen LogP contribution in [0.5, 0.6) is 0 Å². The van der Waals surface area contributed by atoms with Crippen LogP contribution in [0.2, 0.25) is 0 Å². The van der Waals surface area contributed by atoms with E-state index in [9.17, 15) is 0 Å². The monoisotopic (exact) mass is 198 g/mol. The van der Waals surface area contributed by atoms with Crippen LogP contribution in [0, 0.1) is 5.92 Å². The Morgan fingerprint density at radius 1 is 1.36 bits per heavy atom. The van der Waals surface area contributed by atoms with Gasteiger partial charge in [0.1, 0.15) is 0 Å². The van der Waals surface area contributed by atoms with Crippen molar-refractivity contribution in [1.29, 1.82) is 0 Å². The van der Waals surface area contributed by atoms with Crippen molar-refractivity contribution < 1.29 is 0 Å². The first-order valence-corrected chi connectivity index (χ1v) is 5.91. The maximum absolute atomic E-state index is 6.07. The van der Waals surface area contributed by atoms with Gasteiger partial charge < -0.3 is 5.73 Å². The summed E-state index contributed by atoms with van der Waals surface area (Å²) in [5.41, 5.74) is 6.02. The van der Waals surface area contributed by atoms with Gasteiger partial charge in [-0.25, -0.2) is 0 Å². The summed E-state index contributed by atoms with van der Waals surface area (Å²) < 4.78 is 0. The van der Waals surface area contributed by atoms with Gasteiger partial charge in [0.15, 0.2) is 0 Å². The van der Waals surface area contributed by atoms with E-state index in [1.807, 2.05) is 0 Å². The van der Waals surface area contributed by atoms with Crippen LogP contribution in [0.1, 0.15) is 47.0 Å². The second kappa shape index (κ2) is 4.63. The highest BCUT2D eigenvalue weighted by Crippen LogP contribution is 2.28. The predicted molar refractivity (Wildman–Crippen MR) is 62.3 cm³/mol. The first-order chi connectivity index (χ1) is 6.38. The Kier molecular flexibility index (Phi) is 3.96. The molecule has 0 spiro atoms. The summed E-state index contributed by atoms with van der Waals surface area (Å²) in [5.74, 6) is 0.803. The van der Waals surface area contributed by atoms with Crippen LogP contribution >= 0.6 is 0 Å². The maximum atomic E-state index is 6.07. The molecule has 0 aromatic rings. The van der Waals surface area contributed by atoms with E-state index in [1.54, 1.807) is 0 Å². The molecule has 1 rings (SSSR count). The van der Waals surface area contributed by atoms with Crippen molar-refractivity contribution in [3.8, 4) is 0 Å². The molecule has 0 radical (unpaired) electrons. The molecule has 1 aliphatic carbocycles. The molecule has 1 fully saturated rings. The molecular formula is C12H26N2. The van der Waals surface area contributed by atoms with Crippen LogP contribution in [0.25, 0.3) is 0 Å². The molecule has 14 heavy (non-hydrogen) atoms. The summed E-state index contributed by atoms with van der Waals surface area (Å²) in [7, 11) is 0. The Bertz CT molecular complexity index is 166. The van der Waals surface area contributed by atoms with Gasteiger partial charge in [-0.15, -0.1) is 0 Å². The molecule has 0 atom stereocenters. The van der Waals surface area contributed by atoms with E-state index < -0.39 is 0 Å². The van der Waals surface area contributed by atoms with Crippen molar-refractivity contribution in [2.75, 3.05) is 13.1 Å². The number of hydrogen-bond donors (Lipinski definition) is 1. The van der Waals surface area contributed by atoms with Crippen LogP contribution in [-0.2, 0) is 0 Å². The van der Waals surface area contributed by atoms with Crippen molar-refractivity contribution in [1.82, 2.24) is 4.90 Å². The Morgan fingerprint density at radius 3 is 2.29 bits per heavy atom. The van der Waals surface area contributed by atoms with Crippen LogP contribution in [-0.4, -0.2) is 29.6 Å². The van der Waals surface area contributed by atoms with E-state index in [0.29, 0.717) is 0 Å². The molecule has 0 aromatic carbocycles. The molecule has 0 aliphatic heterocycles. The summed E-state index contributed by atoms with van der Waals surface area (Å²) in [6.45, 7) is 11.1. The molecular weight excluding hydrogens is 172 g/mol. The third kappa shape index (κ3) is 4.97. The second-order valence-electron chi connectivity index (χ2n) is 5.87. The predicted octanol–water partition coefficient (Wildman–Crippen LogP) is 2.23. The van der Waals surface area contributed by atoms with E-state index >= 15 is 0 Å². The first kappa shape index (κ1) is 12.0. The lowest BCUT2D eigenvalue weighted by Gasteiger charge is -2.30. The zero-order valence-corrected chi connectivity index (χ0v) is 10.2. The third-order valence-corrected chi connectivity index (χ3v) is 2.67. The minimum atomic E-state index is -0.0421. The number of nitrogens with zero attached hydrogens (tertiary/aromatic N) is 1. The summed E-state index contributed by atoms with van der Waals surface area (Å²) in [5, 5.41) is 0. The van der Waals surface area contributed by atoms with Crippen molar-refractivity contribution in [2.24, 2.45) is 11.7 Å². The lowest BCUT2D eigenvalue weighted by Crippen LogP contribution is -2.46. The second-order valence-corrected chi connectivity index (χ2v) is 5.87. The van der Waals surface area contributed by atoms with Gasteiger partial charge in [-0.3, -0.25) is 4.90 Å². The van der Waals surface area contributed by atoms with Gasteiger partial charge in [-0.2, -0.15) is 0 Å². The molecule has 2 heteroatoms. The molecule has 1 saturated carbocycles. The normalized spacial score (nSPS) is 18.2. The van der Waals surface area contributed by atoms with Crippen molar-refractivity contribution >= 4 is 0 Å². The average Bonchev–Trinajstić information content (AvgIpc) is 2.77. The highest BCUT2D eigenvalue weighted by atomic mass is 15.2. The summed E-state index contributed by atoms with van der Waals surface area (Å²) in [6, 6.07) is 0.844. The molecule has 0 saturated heterocycles. The van der Waals surface area contributed by atoms with E-state index in [4.69, 9.17) is 5.73 Å². The van der Waals surface area contributed by atoms with E-state index in [0.717, 1.165) is 18.5 Å². The molecule has 1 aliphatic rings. The standard InChI is InChI=1S/C12H26N2/c1-10(2)7-8-14(11-5-6-11)9-12(3,4)13/h10-11H,5-9,13H2,1-4H3. The molecule has 2 nitrogen and oxygen atoms in total. The molecule has 0 bridgehead atoms. The molecule has 0 unspecified atom stereocenters. The Hall–Kier alpha value is -0.0800. The van der Waals surface area contributed by atoms with Crippen molar-refractivity contribution in [3.05, 3.63) is 0 Å². The van der Waals surface area contributed by atoms with Gasteiger partial charge in [-0.1, -0.05) is 13.8 Å². The van der Waals surface area contributed by atoms with E-state index in [2.05, 4.69) is 32.6 Å². The van der Waals surface area contributed by atoms with Gasteiger partial charge in [0, 0.05) is 18.1 Å². The Morgan fingerprint density at radius 2 is 1.93 bits per heavy atom. The van der Waals surface area contributed by atoms with Crippen molar-refractivity contribution in [2.45, 2.75) is 58.5 Å². The fraction of sp³-hybridized carbons (Fsp3) is 1.00. The molecule has 0 amide bonds. The van der Waals surface area contributed by atoms with Gasteiger partial charge in [0.05, 0.1) is 0 Å². The van der Waals surface area contributed by atoms with E-state index in [-0.39, 0.29) is 5.54 Å². The van der Waals surface area contributed by atoms with Crippen LogP contribution in [0.4, 0.5) is 0 Å². The fourth-order valence-corrected chi connectivity index (χ4v) is 1.78. The largest absolute Gasteiger partial charge is 0.324 e. The fourth-order valence-electron chi connectivity index (χ4n) is 1.78. The van der Waals surface area contributed by atoms with Crippen LogP contribution in [0.3, 0.4) is 0 Å². The van der Waals surface area contributed by atoms with Gasteiger partial charge in [0.2, 0.25) is 0 Å². The lowest BCUT2D eigenvalue weighted by molar-refractivity contribution is 0.205. The quantitative estimate of drug-likeness (QED) is 0.709. The minimum Gasteiger partial charge on any atom is -0.324 e. The van der Waals surface area contributed by atoms with Crippen LogP contribution in [0.15, 0.2) is 0 Å². The van der Waals surface area contributed by atoms with Gasteiger partial charge in [-0.05, 0) is 45.6 Å². The third-order valence-electron chi connectivity index (χ3n) is 2.67. The number of hydrogen-bond acceptors (Lipinski definition) is 2. The SMILES string of the molecule is CC(C)CCN(CC(C)(C)N)C1CC1. The highest BCUT2D eigenvalue weighted by molar-refractivity contribution is 4.89. The topological polar surface area (TPSA) is 29.3 Å². The maximum Gasteiger partial charge on any atom is 0.0226 e.